The van der Waals surface area contributed by atoms with Gasteiger partial charge in [-0.15, -0.1) is 0 Å². The van der Waals surface area contributed by atoms with E-state index in [1.165, 1.54) is 0 Å². The molecule has 2 unspecified atom stereocenters. The van der Waals surface area contributed by atoms with Crippen molar-refractivity contribution in [2.24, 2.45) is 11.8 Å². The second-order valence-electron chi connectivity index (χ2n) is 5.89. The first-order chi connectivity index (χ1) is 9.66. The van der Waals surface area contributed by atoms with Gasteiger partial charge in [0.2, 0.25) is 0 Å². The Kier molecular flexibility index (Phi) is 5.96. The first-order valence-corrected chi connectivity index (χ1v) is 7.71. The van der Waals surface area contributed by atoms with Crippen molar-refractivity contribution in [1.29, 1.82) is 0 Å². The molecule has 1 aromatic carbocycles. The van der Waals surface area contributed by atoms with Gasteiger partial charge >= 0.3 is 11.9 Å². The van der Waals surface area contributed by atoms with Gasteiger partial charge in [0.05, 0.1) is 11.8 Å². The summed E-state index contributed by atoms with van der Waals surface area (Å²) in [5.41, 5.74) is 1.16. The molecule has 2 atom stereocenters. The number of aliphatic carboxylic acids is 2. The van der Waals surface area contributed by atoms with Crippen LogP contribution in [0.15, 0.2) is 22.7 Å². The quantitative estimate of drug-likeness (QED) is 0.804. The molecule has 0 radical (unpaired) electrons. The summed E-state index contributed by atoms with van der Waals surface area (Å²) in [6.45, 7) is 7.31. The minimum Gasteiger partial charge on any atom is -0.481 e. The number of carboxylic acids is 2. The van der Waals surface area contributed by atoms with E-state index in [-0.39, 0.29) is 11.8 Å². The first-order valence-electron chi connectivity index (χ1n) is 6.91. The van der Waals surface area contributed by atoms with E-state index < -0.39 is 23.8 Å². The molecule has 2 N–H and O–H groups in total. The van der Waals surface area contributed by atoms with E-state index in [0.29, 0.717) is 11.1 Å². The van der Waals surface area contributed by atoms with Crippen LogP contribution in [0.3, 0.4) is 0 Å². The minimum absolute atomic E-state index is 0.121. The van der Waals surface area contributed by atoms with Gasteiger partial charge in [0.15, 0.2) is 0 Å². The Morgan fingerprint density at radius 3 is 1.71 bits per heavy atom. The molecule has 1 rings (SSSR count). The molecule has 1 aromatic rings. The van der Waals surface area contributed by atoms with Gasteiger partial charge in [-0.1, -0.05) is 49.7 Å². The van der Waals surface area contributed by atoms with Crippen LogP contribution in [-0.2, 0) is 9.59 Å². The minimum atomic E-state index is -0.933. The van der Waals surface area contributed by atoms with Crippen molar-refractivity contribution in [2.75, 3.05) is 0 Å². The zero-order valence-electron chi connectivity index (χ0n) is 12.6. The van der Waals surface area contributed by atoms with E-state index in [9.17, 15) is 19.8 Å². The van der Waals surface area contributed by atoms with Gasteiger partial charge in [-0.2, -0.15) is 0 Å². The van der Waals surface area contributed by atoms with Crippen molar-refractivity contribution in [2.45, 2.75) is 39.5 Å². The summed E-state index contributed by atoms with van der Waals surface area (Å²) in [5, 5.41) is 19.0. The van der Waals surface area contributed by atoms with Crippen LogP contribution in [0.4, 0.5) is 0 Å². The Labute approximate surface area is 133 Å². The molecule has 0 saturated heterocycles. The van der Waals surface area contributed by atoms with Crippen molar-refractivity contribution in [1.82, 2.24) is 0 Å². The average Bonchev–Trinajstić information content (AvgIpc) is 2.30. The largest absolute Gasteiger partial charge is 0.481 e. The molecule has 0 amide bonds. The molecule has 0 saturated carbocycles. The van der Waals surface area contributed by atoms with Crippen LogP contribution in [-0.4, -0.2) is 22.2 Å². The highest BCUT2D eigenvalue weighted by Crippen LogP contribution is 2.36. The molecule has 0 bridgehead atoms. The molecule has 0 fully saturated rings. The number of carboxylic acid groups (broad SMARTS) is 2. The van der Waals surface area contributed by atoms with Crippen LogP contribution in [0.2, 0.25) is 0 Å². The number of hydrogen-bond acceptors (Lipinski definition) is 2. The lowest BCUT2D eigenvalue weighted by Gasteiger charge is -2.25. The van der Waals surface area contributed by atoms with Crippen LogP contribution < -0.4 is 0 Å². The molecule has 116 valence electrons. The van der Waals surface area contributed by atoms with Crippen LogP contribution in [0.1, 0.15) is 50.7 Å². The fraction of sp³-hybridized carbons (Fsp3) is 0.500. The van der Waals surface area contributed by atoms with Crippen LogP contribution in [0.5, 0.6) is 0 Å². The maximum atomic E-state index is 11.6. The zero-order chi connectivity index (χ0) is 16.3. The molecule has 0 aliphatic rings. The molecule has 0 heterocycles. The zero-order valence-corrected chi connectivity index (χ0v) is 14.2. The predicted octanol–water partition coefficient (Wildman–Crippen LogP) is 4.10. The van der Waals surface area contributed by atoms with Gasteiger partial charge in [0.25, 0.3) is 0 Å². The van der Waals surface area contributed by atoms with Gasteiger partial charge in [-0.05, 0) is 35.1 Å². The number of benzene rings is 1. The topological polar surface area (TPSA) is 74.6 Å². The van der Waals surface area contributed by atoms with Crippen molar-refractivity contribution < 1.29 is 19.8 Å². The Hall–Kier alpha value is -1.36. The Balaban J connectivity index is 3.53. The molecule has 0 aliphatic carbocycles. The van der Waals surface area contributed by atoms with Gasteiger partial charge in [0, 0.05) is 4.47 Å². The first kappa shape index (κ1) is 17.7. The Bertz CT molecular complexity index is 537. The molecule has 0 aromatic heterocycles. The normalized spacial score (nSPS) is 14.2. The van der Waals surface area contributed by atoms with Gasteiger partial charge < -0.3 is 10.2 Å². The van der Waals surface area contributed by atoms with Crippen molar-refractivity contribution in [3.05, 3.63) is 33.8 Å². The van der Waals surface area contributed by atoms with Crippen molar-refractivity contribution in [3.63, 3.8) is 0 Å². The number of hydrogen-bond donors (Lipinski definition) is 2. The van der Waals surface area contributed by atoms with Gasteiger partial charge in [-0.25, -0.2) is 0 Å². The third-order valence-corrected chi connectivity index (χ3v) is 4.08. The Morgan fingerprint density at radius 2 is 1.33 bits per heavy atom. The molecule has 4 nitrogen and oxygen atoms in total. The van der Waals surface area contributed by atoms with Crippen LogP contribution >= 0.6 is 15.9 Å². The smallest absolute Gasteiger partial charge is 0.311 e. The fourth-order valence-corrected chi connectivity index (χ4v) is 3.03. The maximum absolute atomic E-state index is 11.6. The highest BCUT2D eigenvalue weighted by Gasteiger charge is 2.32. The highest BCUT2D eigenvalue weighted by atomic mass is 79.9. The van der Waals surface area contributed by atoms with Crippen molar-refractivity contribution in [3.8, 4) is 0 Å². The molecule has 21 heavy (non-hydrogen) atoms. The second-order valence-corrected chi connectivity index (χ2v) is 6.81. The van der Waals surface area contributed by atoms with Crippen LogP contribution in [0.25, 0.3) is 0 Å². The lowest BCUT2D eigenvalue weighted by atomic mass is 9.79. The third-order valence-electron chi connectivity index (χ3n) is 3.58. The molecule has 5 heteroatoms. The summed E-state index contributed by atoms with van der Waals surface area (Å²) in [5.74, 6) is -3.55. The monoisotopic (exact) mass is 356 g/mol. The van der Waals surface area contributed by atoms with E-state index in [2.05, 4.69) is 15.9 Å². The number of halogens is 1. The summed E-state index contributed by atoms with van der Waals surface area (Å²) >= 11 is 3.35. The average molecular weight is 357 g/mol. The van der Waals surface area contributed by atoms with E-state index in [0.717, 1.165) is 4.47 Å². The summed E-state index contributed by atoms with van der Waals surface area (Å²) < 4.78 is 0.751. The summed E-state index contributed by atoms with van der Waals surface area (Å²) in [4.78, 5) is 23.2. The fourth-order valence-electron chi connectivity index (χ4n) is 2.65. The van der Waals surface area contributed by atoms with E-state index in [1.807, 2.05) is 27.7 Å². The molecular formula is C16H21BrO4. The summed E-state index contributed by atoms with van der Waals surface area (Å²) in [6.07, 6.45) is 0. The molecular weight excluding hydrogens is 336 g/mol. The number of carbonyl (C=O) groups is 2. The molecule has 0 aliphatic heterocycles. The lowest BCUT2D eigenvalue weighted by Crippen LogP contribution is -2.24. The SMILES string of the molecule is CC(C)C(C(=O)O)c1ccc(Br)cc1C(C(=O)O)C(C)C. The predicted molar refractivity (Wildman–Crippen MR) is 84.6 cm³/mol. The summed E-state index contributed by atoms with van der Waals surface area (Å²) in [6, 6.07) is 5.21. The number of rotatable bonds is 6. The van der Waals surface area contributed by atoms with Gasteiger partial charge in [-0.3, -0.25) is 9.59 Å². The van der Waals surface area contributed by atoms with Crippen LogP contribution in [0, 0.1) is 11.8 Å². The molecule has 0 spiro atoms. The lowest BCUT2D eigenvalue weighted by molar-refractivity contribution is -0.141. The van der Waals surface area contributed by atoms with E-state index >= 15 is 0 Å². The highest BCUT2D eigenvalue weighted by molar-refractivity contribution is 9.10. The maximum Gasteiger partial charge on any atom is 0.311 e. The van der Waals surface area contributed by atoms with Crippen molar-refractivity contribution >= 4 is 27.9 Å². The summed E-state index contributed by atoms with van der Waals surface area (Å²) in [7, 11) is 0. The third kappa shape index (κ3) is 4.06. The van der Waals surface area contributed by atoms with Gasteiger partial charge in [0.1, 0.15) is 0 Å². The Morgan fingerprint density at radius 1 is 0.905 bits per heavy atom. The standard InChI is InChI=1S/C16H21BrO4/c1-8(2)13(15(18)19)11-6-5-10(17)7-12(11)14(9(3)4)16(20)21/h5-9,13-14H,1-4H3,(H,18,19)(H,20,21). The van der Waals surface area contributed by atoms with E-state index in [4.69, 9.17) is 0 Å². The second kappa shape index (κ2) is 7.07. The van der Waals surface area contributed by atoms with E-state index in [1.54, 1.807) is 18.2 Å².